The smallest absolute Gasteiger partial charge is 0.338 e. The van der Waals surface area contributed by atoms with Gasteiger partial charge in [-0.25, -0.2) is 9.79 Å². The Morgan fingerprint density at radius 1 is 0.939 bits per heavy atom. The van der Waals surface area contributed by atoms with Crippen LogP contribution in [0, 0.1) is 0 Å². The van der Waals surface area contributed by atoms with Crippen molar-refractivity contribution in [1.82, 2.24) is 4.57 Å². The fourth-order valence-electron chi connectivity index (χ4n) is 6.06. The Balaban J connectivity index is 1.43. The molecule has 0 radical (unpaired) electrons. The number of halogens is 1. The second-order valence-corrected chi connectivity index (χ2v) is 13.3. The van der Waals surface area contributed by atoms with Crippen LogP contribution in [0.15, 0.2) is 104 Å². The van der Waals surface area contributed by atoms with Crippen LogP contribution in [0.25, 0.3) is 16.8 Å². The third kappa shape index (κ3) is 7.07. The van der Waals surface area contributed by atoms with E-state index in [0.717, 1.165) is 32.8 Å². The van der Waals surface area contributed by atoms with Gasteiger partial charge in [0.25, 0.3) is 5.56 Å². The molecule has 49 heavy (non-hydrogen) atoms. The van der Waals surface area contributed by atoms with Crippen LogP contribution in [0.1, 0.15) is 56.3 Å². The average Bonchev–Trinajstić information content (AvgIpc) is 3.41. The third-order valence-corrected chi connectivity index (χ3v) is 9.68. The summed E-state index contributed by atoms with van der Waals surface area (Å²) >= 11 is 4.85. The van der Waals surface area contributed by atoms with Crippen molar-refractivity contribution in [2.75, 3.05) is 20.3 Å². The van der Waals surface area contributed by atoms with E-state index in [0.29, 0.717) is 63.1 Å². The van der Waals surface area contributed by atoms with Crippen LogP contribution in [-0.4, -0.2) is 30.9 Å². The maximum atomic E-state index is 14.3. The number of aromatic nitrogens is 1. The molecule has 0 saturated carbocycles. The number of allylic oxidation sites excluding steroid dienone is 1. The number of carbonyl (C=O) groups is 1. The van der Waals surface area contributed by atoms with E-state index in [9.17, 15) is 9.59 Å². The van der Waals surface area contributed by atoms with Gasteiger partial charge in [-0.1, -0.05) is 89.1 Å². The second kappa shape index (κ2) is 15.3. The normalized spacial score (nSPS) is 14.4. The Morgan fingerprint density at radius 2 is 1.73 bits per heavy atom. The summed E-state index contributed by atoms with van der Waals surface area (Å²) in [4.78, 5) is 33.3. The van der Waals surface area contributed by atoms with Gasteiger partial charge in [0, 0.05) is 10.0 Å². The molecular formula is C39H37BrN2O6S. The van der Waals surface area contributed by atoms with Crippen molar-refractivity contribution < 1.29 is 23.7 Å². The van der Waals surface area contributed by atoms with Crippen molar-refractivity contribution in [1.29, 1.82) is 0 Å². The highest BCUT2D eigenvalue weighted by molar-refractivity contribution is 9.10. The second-order valence-electron chi connectivity index (χ2n) is 11.4. The maximum absolute atomic E-state index is 14.3. The fraction of sp³-hybridized carbons (Fsp3) is 0.256. The van der Waals surface area contributed by atoms with E-state index in [1.807, 2.05) is 74.5 Å². The summed E-state index contributed by atoms with van der Waals surface area (Å²) < 4.78 is 26.4. The minimum atomic E-state index is -0.796. The number of fused-ring (bicyclic) bond motifs is 2. The number of rotatable bonds is 12. The first-order valence-corrected chi connectivity index (χ1v) is 17.9. The predicted octanol–water partition coefficient (Wildman–Crippen LogP) is 7.48. The van der Waals surface area contributed by atoms with Gasteiger partial charge in [0.15, 0.2) is 16.3 Å². The van der Waals surface area contributed by atoms with Gasteiger partial charge in [-0.3, -0.25) is 9.36 Å². The average molecular weight is 742 g/mol. The molecule has 6 rings (SSSR count). The molecule has 0 unspecified atom stereocenters. The van der Waals surface area contributed by atoms with Gasteiger partial charge in [0.2, 0.25) is 0 Å². The Bertz CT molecular complexity index is 2230. The topological polar surface area (TPSA) is 88.4 Å². The molecule has 1 aliphatic heterocycles. The minimum absolute atomic E-state index is 0.193. The zero-order valence-electron chi connectivity index (χ0n) is 27.8. The van der Waals surface area contributed by atoms with Gasteiger partial charge < -0.3 is 18.9 Å². The first-order chi connectivity index (χ1) is 23.9. The van der Waals surface area contributed by atoms with Crippen molar-refractivity contribution in [2.24, 2.45) is 4.99 Å². The molecule has 0 aliphatic carbocycles. The van der Waals surface area contributed by atoms with E-state index >= 15 is 0 Å². The molecule has 0 bridgehead atoms. The largest absolute Gasteiger partial charge is 0.496 e. The molecule has 0 fully saturated rings. The van der Waals surface area contributed by atoms with Gasteiger partial charge in [-0.05, 0) is 78.6 Å². The third-order valence-electron chi connectivity index (χ3n) is 8.21. The van der Waals surface area contributed by atoms with Crippen LogP contribution in [0.4, 0.5) is 0 Å². The summed E-state index contributed by atoms with van der Waals surface area (Å²) in [5, 5.41) is 2.30. The van der Waals surface area contributed by atoms with Gasteiger partial charge in [0.05, 0.1) is 36.1 Å². The van der Waals surface area contributed by atoms with Crippen molar-refractivity contribution in [3.63, 3.8) is 0 Å². The molecule has 0 amide bonds. The number of carbonyl (C=O) groups excluding carboxylic acids is 1. The molecule has 0 spiro atoms. The van der Waals surface area contributed by atoms with Crippen LogP contribution in [0.5, 0.6) is 17.2 Å². The first-order valence-electron chi connectivity index (χ1n) is 16.3. The van der Waals surface area contributed by atoms with E-state index in [1.54, 1.807) is 18.6 Å². The van der Waals surface area contributed by atoms with Crippen LogP contribution in [-0.2, 0) is 16.1 Å². The number of nitrogens with zero attached hydrogens (tertiary/aromatic N) is 2. The quantitative estimate of drug-likeness (QED) is 0.123. The molecule has 4 aromatic carbocycles. The molecule has 10 heteroatoms. The van der Waals surface area contributed by atoms with E-state index in [2.05, 4.69) is 40.2 Å². The van der Waals surface area contributed by atoms with Crippen molar-refractivity contribution in [3.8, 4) is 17.2 Å². The number of esters is 1. The highest BCUT2D eigenvalue weighted by Gasteiger charge is 2.36. The number of hydrogen-bond acceptors (Lipinski definition) is 8. The minimum Gasteiger partial charge on any atom is -0.496 e. The lowest BCUT2D eigenvalue weighted by Crippen LogP contribution is -2.40. The van der Waals surface area contributed by atoms with Gasteiger partial charge >= 0.3 is 5.97 Å². The van der Waals surface area contributed by atoms with Gasteiger partial charge in [-0.2, -0.15) is 0 Å². The van der Waals surface area contributed by atoms with Gasteiger partial charge in [0.1, 0.15) is 18.4 Å². The van der Waals surface area contributed by atoms with Crippen molar-refractivity contribution >= 4 is 50.1 Å². The van der Waals surface area contributed by atoms with E-state index in [1.165, 1.54) is 11.3 Å². The summed E-state index contributed by atoms with van der Waals surface area (Å²) in [6.45, 7) is 6.73. The molecule has 0 saturated heterocycles. The van der Waals surface area contributed by atoms with Crippen LogP contribution in [0.3, 0.4) is 0 Å². The SMILES string of the molecule is CCCC1=C(C(=O)OCC)[C@H](c2cc(Br)ccc2OC)n2c(s/c(=C/c3ccc(OCc4cccc5ccccc45)c(OCC)c3)c2=O)=N1. The molecule has 0 N–H and O–H groups in total. The summed E-state index contributed by atoms with van der Waals surface area (Å²) in [5.74, 6) is 1.23. The van der Waals surface area contributed by atoms with E-state index in [-0.39, 0.29) is 12.2 Å². The predicted molar refractivity (Wildman–Crippen MR) is 196 cm³/mol. The summed E-state index contributed by atoms with van der Waals surface area (Å²) in [6.07, 6.45) is 3.13. The molecule has 252 valence electrons. The summed E-state index contributed by atoms with van der Waals surface area (Å²) in [6, 6.07) is 24.8. The van der Waals surface area contributed by atoms with Crippen LogP contribution >= 0.6 is 27.3 Å². The Kier molecular flexibility index (Phi) is 10.7. The molecule has 1 aromatic heterocycles. The lowest BCUT2D eigenvalue weighted by atomic mass is 9.93. The van der Waals surface area contributed by atoms with Crippen LogP contribution in [0.2, 0.25) is 0 Å². The number of benzene rings is 4. The molecule has 2 heterocycles. The molecular weight excluding hydrogens is 704 g/mol. The molecule has 1 aliphatic rings. The van der Waals surface area contributed by atoms with Crippen molar-refractivity contribution in [2.45, 2.75) is 46.3 Å². The van der Waals surface area contributed by atoms with E-state index in [4.69, 9.17) is 23.9 Å². The number of ether oxygens (including phenoxy) is 4. The first kappa shape index (κ1) is 34.2. The Morgan fingerprint density at radius 3 is 2.51 bits per heavy atom. The molecule has 5 aromatic rings. The zero-order valence-corrected chi connectivity index (χ0v) is 30.2. The number of hydrogen-bond donors (Lipinski definition) is 0. The fourth-order valence-corrected chi connectivity index (χ4v) is 7.46. The molecule has 1 atom stereocenters. The maximum Gasteiger partial charge on any atom is 0.338 e. The van der Waals surface area contributed by atoms with E-state index < -0.39 is 12.0 Å². The number of thiazole rings is 1. The van der Waals surface area contributed by atoms with Crippen molar-refractivity contribution in [3.05, 3.63) is 131 Å². The highest BCUT2D eigenvalue weighted by Crippen LogP contribution is 2.38. The lowest BCUT2D eigenvalue weighted by Gasteiger charge is -2.27. The zero-order chi connectivity index (χ0) is 34.5. The summed E-state index contributed by atoms with van der Waals surface area (Å²) in [5.41, 5.74) is 3.16. The Hall–Kier alpha value is -4.67. The molecule has 8 nitrogen and oxygen atoms in total. The number of methoxy groups -OCH3 is 1. The highest BCUT2D eigenvalue weighted by atomic mass is 79.9. The lowest BCUT2D eigenvalue weighted by molar-refractivity contribution is -0.139. The monoisotopic (exact) mass is 740 g/mol. The Labute approximate surface area is 297 Å². The van der Waals surface area contributed by atoms with Gasteiger partial charge in [-0.15, -0.1) is 0 Å². The summed E-state index contributed by atoms with van der Waals surface area (Å²) in [7, 11) is 1.57. The standard InChI is InChI=1S/C39H37BrN2O6S/c1-5-11-30-35(38(44)47-7-3)36(29-22-27(40)17-19-31(29)45-4)42-37(43)34(49-39(42)41-30)21-24-16-18-32(33(20-24)46-6-2)48-23-26-14-10-13-25-12-8-9-15-28(25)26/h8-10,12-22,36H,5-7,11,23H2,1-4H3/b34-21+/t36-/m0/s1. The van der Waals surface area contributed by atoms with Crippen LogP contribution < -0.4 is 29.1 Å².